The number of likely N-dealkylation sites (tertiary alicyclic amines) is 1. The molecule has 3 rings (SSSR count). The van der Waals surface area contributed by atoms with Crippen LogP contribution in [-0.2, 0) is 4.79 Å². The third kappa shape index (κ3) is 2.55. The summed E-state index contributed by atoms with van der Waals surface area (Å²) in [5.41, 5.74) is 6.75. The lowest BCUT2D eigenvalue weighted by Gasteiger charge is -2.32. The number of amides is 1. The van der Waals surface area contributed by atoms with Crippen molar-refractivity contribution in [3.05, 3.63) is 29.3 Å². The van der Waals surface area contributed by atoms with Gasteiger partial charge in [0.25, 0.3) is 0 Å². The van der Waals surface area contributed by atoms with Gasteiger partial charge in [-0.1, -0.05) is 12.1 Å². The molecule has 20 heavy (non-hydrogen) atoms. The van der Waals surface area contributed by atoms with E-state index in [-0.39, 0.29) is 5.91 Å². The summed E-state index contributed by atoms with van der Waals surface area (Å²) in [6.45, 7) is 3.34. The molecule has 106 valence electrons. The predicted molar refractivity (Wildman–Crippen MR) is 81.8 cm³/mol. The first-order valence-electron chi connectivity index (χ1n) is 7.05. The molecule has 0 radical (unpaired) electrons. The fraction of sp³-hybridized carbons (Fsp3) is 0.467. The van der Waals surface area contributed by atoms with Gasteiger partial charge in [-0.15, -0.1) is 11.3 Å². The van der Waals surface area contributed by atoms with Gasteiger partial charge in [0.1, 0.15) is 0 Å². The minimum atomic E-state index is -0.394. The number of hydrogen-bond donors (Lipinski definition) is 1. The van der Waals surface area contributed by atoms with Crippen molar-refractivity contribution in [2.24, 2.45) is 5.73 Å². The molecule has 1 aliphatic heterocycles. The summed E-state index contributed by atoms with van der Waals surface area (Å²) in [4.78, 5) is 18.5. The number of para-hydroxylation sites is 1. The Morgan fingerprint density at radius 3 is 2.75 bits per heavy atom. The maximum absolute atomic E-state index is 11.9. The van der Waals surface area contributed by atoms with Crippen molar-refractivity contribution in [2.45, 2.75) is 31.7 Å². The summed E-state index contributed by atoms with van der Waals surface area (Å²) < 4.78 is 1.25. The first kappa shape index (κ1) is 13.5. The highest BCUT2D eigenvalue weighted by Gasteiger charge is 2.26. The van der Waals surface area contributed by atoms with Crippen LogP contribution in [0, 0.1) is 0 Å². The number of rotatable bonds is 2. The molecule has 1 fully saturated rings. The van der Waals surface area contributed by atoms with Gasteiger partial charge in [0.05, 0.1) is 21.3 Å². The largest absolute Gasteiger partial charge is 0.341 e. The van der Waals surface area contributed by atoms with E-state index in [1.165, 1.54) is 9.71 Å². The lowest BCUT2D eigenvalue weighted by molar-refractivity contribution is -0.133. The van der Waals surface area contributed by atoms with E-state index < -0.39 is 6.04 Å². The van der Waals surface area contributed by atoms with Gasteiger partial charge in [-0.25, -0.2) is 4.98 Å². The van der Waals surface area contributed by atoms with Gasteiger partial charge in [-0.2, -0.15) is 0 Å². The number of piperidine rings is 1. The second-order valence-corrected chi connectivity index (χ2v) is 6.47. The number of fused-ring (bicyclic) bond motifs is 1. The predicted octanol–water partition coefficient (Wildman–Crippen LogP) is 2.35. The van der Waals surface area contributed by atoms with Gasteiger partial charge in [0.15, 0.2) is 0 Å². The number of aromatic nitrogens is 1. The molecule has 4 nitrogen and oxygen atoms in total. The topological polar surface area (TPSA) is 59.2 Å². The zero-order valence-corrected chi connectivity index (χ0v) is 12.4. The number of carbonyl (C=O) groups is 1. The molecule has 0 spiro atoms. The van der Waals surface area contributed by atoms with E-state index >= 15 is 0 Å². The van der Waals surface area contributed by atoms with Gasteiger partial charge in [0, 0.05) is 19.0 Å². The molecule has 0 saturated carbocycles. The summed E-state index contributed by atoms with van der Waals surface area (Å²) in [5.74, 6) is 0.539. The molecule has 1 amide bonds. The number of thiazole rings is 1. The monoisotopic (exact) mass is 289 g/mol. The van der Waals surface area contributed by atoms with E-state index in [2.05, 4.69) is 12.1 Å². The molecule has 2 N–H and O–H groups in total. The molecule has 1 atom stereocenters. The number of hydrogen-bond acceptors (Lipinski definition) is 4. The summed E-state index contributed by atoms with van der Waals surface area (Å²) in [6.07, 6.45) is 1.97. The van der Waals surface area contributed by atoms with Crippen LogP contribution in [0.5, 0.6) is 0 Å². The highest BCUT2D eigenvalue weighted by atomic mass is 32.1. The lowest BCUT2D eigenvalue weighted by atomic mass is 9.97. The van der Waals surface area contributed by atoms with Gasteiger partial charge >= 0.3 is 0 Å². The first-order chi connectivity index (χ1) is 9.65. The van der Waals surface area contributed by atoms with Gasteiger partial charge in [-0.3, -0.25) is 4.79 Å². The summed E-state index contributed by atoms with van der Waals surface area (Å²) in [5, 5.41) is 1.21. The van der Waals surface area contributed by atoms with Gasteiger partial charge in [0.2, 0.25) is 5.91 Å². The Bertz CT molecular complexity index is 581. The van der Waals surface area contributed by atoms with Crippen molar-refractivity contribution in [1.82, 2.24) is 9.88 Å². The van der Waals surface area contributed by atoms with Crippen LogP contribution < -0.4 is 5.73 Å². The highest BCUT2D eigenvalue weighted by Crippen LogP contribution is 2.33. The molecule has 2 heterocycles. The molecule has 2 aromatic rings. The van der Waals surface area contributed by atoms with Crippen LogP contribution in [0.4, 0.5) is 0 Å². The second kappa shape index (κ2) is 5.50. The third-order valence-corrected chi connectivity index (χ3v) is 5.05. The number of benzene rings is 1. The maximum atomic E-state index is 11.9. The van der Waals surface area contributed by atoms with Crippen LogP contribution in [0.2, 0.25) is 0 Å². The van der Waals surface area contributed by atoms with E-state index in [9.17, 15) is 4.79 Å². The third-order valence-electron chi connectivity index (χ3n) is 3.86. The summed E-state index contributed by atoms with van der Waals surface area (Å²) >= 11 is 1.78. The van der Waals surface area contributed by atoms with Crippen LogP contribution in [0.25, 0.3) is 10.2 Å². The highest BCUT2D eigenvalue weighted by molar-refractivity contribution is 7.18. The molecule has 0 aliphatic carbocycles. The smallest absolute Gasteiger partial charge is 0.239 e. The van der Waals surface area contributed by atoms with E-state index in [0.717, 1.165) is 31.4 Å². The van der Waals surface area contributed by atoms with Gasteiger partial charge < -0.3 is 10.6 Å². The van der Waals surface area contributed by atoms with Crippen LogP contribution >= 0.6 is 11.3 Å². The van der Waals surface area contributed by atoms with Crippen LogP contribution in [0.1, 0.15) is 30.7 Å². The Kier molecular flexibility index (Phi) is 3.72. The zero-order valence-electron chi connectivity index (χ0n) is 11.6. The quantitative estimate of drug-likeness (QED) is 0.923. The van der Waals surface area contributed by atoms with E-state index in [1.807, 2.05) is 17.0 Å². The van der Waals surface area contributed by atoms with Crippen LogP contribution in [0.3, 0.4) is 0 Å². The molecule has 0 bridgehead atoms. The summed E-state index contributed by atoms with van der Waals surface area (Å²) in [7, 11) is 0. The first-order valence-corrected chi connectivity index (χ1v) is 7.86. The van der Waals surface area contributed by atoms with Gasteiger partial charge in [-0.05, 0) is 31.9 Å². The van der Waals surface area contributed by atoms with Crippen LogP contribution in [-0.4, -0.2) is 34.9 Å². The second-order valence-electron chi connectivity index (χ2n) is 5.41. The molecule has 1 saturated heterocycles. The van der Waals surface area contributed by atoms with Crippen LogP contribution in [0.15, 0.2) is 24.3 Å². The molecule has 1 aliphatic rings. The van der Waals surface area contributed by atoms with E-state index in [4.69, 9.17) is 10.7 Å². The molecule has 1 unspecified atom stereocenters. The Morgan fingerprint density at radius 2 is 2.10 bits per heavy atom. The molecule has 1 aromatic heterocycles. The van der Waals surface area contributed by atoms with Crippen molar-refractivity contribution in [1.29, 1.82) is 0 Å². The fourth-order valence-electron chi connectivity index (χ4n) is 2.70. The minimum Gasteiger partial charge on any atom is -0.341 e. The van der Waals surface area contributed by atoms with Crippen molar-refractivity contribution in [2.75, 3.05) is 13.1 Å². The fourth-order valence-corrected chi connectivity index (χ4v) is 3.84. The van der Waals surface area contributed by atoms with Crippen molar-refractivity contribution in [3.63, 3.8) is 0 Å². The van der Waals surface area contributed by atoms with E-state index in [0.29, 0.717) is 5.92 Å². The van der Waals surface area contributed by atoms with Crippen molar-refractivity contribution < 1.29 is 4.79 Å². The minimum absolute atomic E-state index is 0.0627. The molecule has 1 aromatic carbocycles. The Hall–Kier alpha value is -1.46. The molecular weight excluding hydrogens is 270 g/mol. The Labute approximate surface area is 122 Å². The average molecular weight is 289 g/mol. The summed E-state index contributed by atoms with van der Waals surface area (Å²) in [6, 6.07) is 7.85. The molecular formula is C15H19N3OS. The number of nitrogens with zero attached hydrogens (tertiary/aromatic N) is 2. The zero-order chi connectivity index (χ0) is 14.1. The lowest BCUT2D eigenvalue weighted by Crippen LogP contribution is -2.45. The normalized spacial score (nSPS) is 18.4. The van der Waals surface area contributed by atoms with Crippen molar-refractivity contribution in [3.8, 4) is 0 Å². The molecule has 5 heteroatoms. The number of carbonyl (C=O) groups excluding carboxylic acids is 1. The van der Waals surface area contributed by atoms with E-state index in [1.54, 1.807) is 18.3 Å². The number of nitrogens with two attached hydrogens (primary N) is 1. The Balaban J connectivity index is 1.70. The maximum Gasteiger partial charge on any atom is 0.239 e. The Morgan fingerprint density at radius 1 is 1.40 bits per heavy atom. The SMILES string of the molecule is CC(N)C(=O)N1CCC(c2nc3ccccc3s2)CC1. The van der Waals surface area contributed by atoms with Crippen molar-refractivity contribution >= 4 is 27.5 Å². The standard InChI is InChI=1S/C15H19N3OS/c1-10(16)15(19)18-8-6-11(7-9-18)14-17-12-4-2-3-5-13(12)20-14/h2-5,10-11H,6-9,16H2,1H3. The average Bonchev–Trinajstić information content (AvgIpc) is 2.90.